The molecule has 2 atom stereocenters. The first-order chi connectivity index (χ1) is 8.79. The monoisotopic (exact) mass is 302 g/mol. The zero-order valence-electron chi connectivity index (χ0n) is 9.87. The Bertz CT molecular complexity index is 624. The molecule has 8 heteroatoms. The van der Waals surface area contributed by atoms with Crippen molar-refractivity contribution in [3.05, 3.63) is 34.9 Å². The minimum absolute atomic E-state index is 0.116. The van der Waals surface area contributed by atoms with E-state index in [1.165, 1.54) is 18.2 Å². The molecule has 0 aliphatic heterocycles. The maximum atomic E-state index is 11.7. The van der Waals surface area contributed by atoms with Crippen LogP contribution in [-0.2, 0) is 14.8 Å². The molecule has 0 radical (unpaired) electrons. The number of carbonyl (C=O) groups is 1. The summed E-state index contributed by atoms with van der Waals surface area (Å²) in [6, 6.07) is 6.00. The molecule has 0 aliphatic rings. The Labute approximate surface area is 115 Å². The summed E-state index contributed by atoms with van der Waals surface area (Å²) in [6.45, 7) is 1.16. The van der Waals surface area contributed by atoms with Gasteiger partial charge in [0.1, 0.15) is 6.04 Å². The van der Waals surface area contributed by atoms with Gasteiger partial charge in [-0.25, -0.2) is 8.42 Å². The van der Waals surface area contributed by atoms with E-state index in [4.69, 9.17) is 22.0 Å². The molecule has 0 amide bonds. The second-order valence-electron chi connectivity index (χ2n) is 3.73. The Morgan fingerprint density at radius 1 is 1.47 bits per heavy atom. The van der Waals surface area contributed by atoms with Crippen molar-refractivity contribution in [3.8, 4) is 6.07 Å². The summed E-state index contributed by atoms with van der Waals surface area (Å²) < 4.78 is 25.4. The summed E-state index contributed by atoms with van der Waals surface area (Å²) in [4.78, 5) is 11.2. The number of carboxylic acid groups (broad SMARTS) is 1. The fourth-order valence-corrected chi connectivity index (χ4v) is 2.44. The van der Waals surface area contributed by atoms with Crippen molar-refractivity contribution in [3.63, 3.8) is 0 Å². The van der Waals surface area contributed by atoms with E-state index < -0.39 is 27.3 Å². The average Bonchev–Trinajstić information content (AvgIpc) is 2.35. The molecule has 1 aromatic carbocycles. The summed E-state index contributed by atoms with van der Waals surface area (Å²) in [7, 11) is -4.07. The lowest BCUT2D eigenvalue weighted by Gasteiger charge is -2.17. The molecule has 0 saturated carbocycles. The van der Waals surface area contributed by atoms with Crippen LogP contribution in [0.3, 0.4) is 0 Å². The summed E-state index contributed by atoms with van der Waals surface area (Å²) >= 11 is 5.84. The molecule has 0 aromatic heterocycles. The third-order valence-electron chi connectivity index (χ3n) is 2.39. The van der Waals surface area contributed by atoms with Crippen molar-refractivity contribution >= 4 is 27.6 Å². The highest BCUT2D eigenvalue weighted by Gasteiger charge is 2.30. The summed E-state index contributed by atoms with van der Waals surface area (Å²) in [6.07, 6.45) is 0. The Hall–Kier alpha value is -1.62. The number of hydrogen-bond acceptors (Lipinski definition) is 4. The number of nitrogens with zero attached hydrogens (tertiary/aromatic N) is 1. The molecule has 0 saturated heterocycles. The first kappa shape index (κ1) is 15.4. The quantitative estimate of drug-likeness (QED) is 0.852. The largest absolute Gasteiger partial charge is 0.480 e. The number of halogens is 1. The van der Waals surface area contributed by atoms with Gasteiger partial charge in [0.25, 0.3) is 0 Å². The number of benzene rings is 1. The van der Waals surface area contributed by atoms with Crippen molar-refractivity contribution in [2.45, 2.75) is 18.2 Å². The predicted octanol–water partition coefficient (Wildman–Crippen LogP) is 1.30. The second-order valence-corrected chi connectivity index (χ2v) is 6.17. The third-order valence-corrected chi connectivity index (χ3v) is 4.34. The Morgan fingerprint density at radius 3 is 2.53 bits per heavy atom. The molecule has 102 valence electrons. The van der Waals surface area contributed by atoms with E-state index in [-0.39, 0.29) is 10.6 Å². The molecule has 19 heavy (non-hydrogen) atoms. The average molecular weight is 303 g/mol. The van der Waals surface area contributed by atoms with Crippen LogP contribution in [0, 0.1) is 11.3 Å². The van der Waals surface area contributed by atoms with Crippen molar-refractivity contribution < 1.29 is 18.3 Å². The standard InChI is InChI=1S/C11H11ClN2O4S/c1-7(6-13)19(17,18)14-10(11(15)16)8-4-2-3-5-9(8)12/h2-5,7,10,14H,1H3,(H,15,16)/t7?,10-/m1/s1. The van der Waals surface area contributed by atoms with Crippen LogP contribution in [0.25, 0.3) is 0 Å². The first-order valence-electron chi connectivity index (χ1n) is 5.17. The van der Waals surface area contributed by atoms with Crippen molar-refractivity contribution in [1.29, 1.82) is 5.26 Å². The predicted molar refractivity (Wildman–Crippen MR) is 69.0 cm³/mol. The summed E-state index contributed by atoms with van der Waals surface area (Å²) in [5.41, 5.74) is 0.116. The lowest BCUT2D eigenvalue weighted by molar-refractivity contribution is -0.139. The molecule has 1 aromatic rings. The highest BCUT2D eigenvalue weighted by Crippen LogP contribution is 2.24. The molecule has 0 bridgehead atoms. The molecule has 0 aliphatic carbocycles. The van der Waals surface area contributed by atoms with Gasteiger partial charge in [0, 0.05) is 5.02 Å². The smallest absolute Gasteiger partial charge is 0.326 e. The lowest BCUT2D eigenvalue weighted by atomic mass is 10.1. The SMILES string of the molecule is CC(C#N)S(=O)(=O)N[C@@H](C(=O)O)c1ccccc1Cl. The lowest BCUT2D eigenvalue weighted by Crippen LogP contribution is -2.38. The van der Waals surface area contributed by atoms with Gasteiger partial charge in [-0.15, -0.1) is 0 Å². The number of nitrogens with one attached hydrogen (secondary N) is 1. The van der Waals surface area contributed by atoms with Crippen molar-refractivity contribution in [2.75, 3.05) is 0 Å². The van der Waals surface area contributed by atoms with Gasteiger partial charge in [-0.2, -0.15) is 9.98 Å². The number of rotatable bonds is 5. The number of carboxylic acids is 1. The summed E-state index contributed by atoms with van der Waals surface area (Å²) in [5.74, 6) is -1.40. The maximum absolute atomic E-state index is 11.7. The van der Waals surface area contributed by atoms with Crippen molar-refractivity contribution in [1.82, 2.24) is 4.72 Å². The second kappa shape index (κ2) is 6.02. The minimum Gasteiger partial charge on any atom is -0.480 e. The van der Waals surface area contributed by atoms with Crippen LogP contribution in [0.15, 0.2) is 24.3 Å². The van der Waals surface area contributed by atoms with E-state index in [2.05, 4.69) is 0 Å². The van der Waals surface area contributed by atoms with E-state index in [1.807, 2.05) is 4.72 Å². The fraction of sp³-hybridized carbons (Fsp3) is 0.273. The van der Waals surface area contributed by atoms with Gasteiger partial charge in [-0.1, -0.05) is 29.8 Å². The molecule has 0 fully saturated rings. The van der Waals surface area contributed by atoms with Crippen LogP contribution >= 0.6 is 11.6 Å². The molecular weight excluding hydrogens is 292 g/mol. The van der Waals surface area contributed by atoms with Gasteiger partial charge in [-0.3, -0.25) is 4.79 Å². The van der Waals surface area contributed by atoms with Gasteiger partial charge in [0.2, 0.25) is 10.0 Å². The molecular formula is C11H11ClN2O4S. The molecule has 0 heterocycles. The fourth-order valence-electron chi connectivity index (χ4n) is 1.29. The van der Waals surface area contributed by atoms with Crippen LogP contribution in [-0.4, -0.2) is 24.7 Å². The number of sulfonamides is 1. The van der Waals surface area contributed by atoms with Crippen LogP contribution in [0.4, 0.5) is 0 Å². The van der Waals surface area contributed by atoms with Gasteiger partial charge in [-0.05, 0) is 18.6 Å². The first-order valence-corrected chi connectivity index (χ1v) is 7.10. The highest BCUT2D eigenvalue weighted by molar-refractivity contribution is 7.90. The van der Waals surface area contributed by atoms with E-state index in [0.29, 0.717) is 0 Å². The topological polar surface area (TPSA) is 107 Å². The van der Waals surface area contributed by atoms with Gasteiger partial charge in [0.05, 0.1) is 6.07 Å². The normalized spacial score (nSPS) is 14.4. The zero-order chi connectivity index (χ0) is 14.6. The molecule has 0 spiro atoms. The van der Waals surface area contributed by atoms with Gasteiger partial charge in [0.15, 0.2) is 5.25 Å². The van der Waals surface area contributed by atoms with E-state index in [9.17, 15) is 13.2 Å². The minimum atomic E-state index is -4.07. The Morgan fingerprint density at radius 2 is 2.05 bits per heavy atom. The van der Waals surface area contributed by atoms with Crippen LogP contribution < -0.4 is 4.72 Å². The summed E-state index contributed by atoms with van der Waals surface area (Å²) in [5, 5.41) is 16.5. The van der Waals surface area contributed by atoms with Crippen molar-refractivity contribution in [2.24, 2.45) is 0 Å². The van der Waals surface area contributed by atoms with E-state index in [1.54, 1.807) is 12.1 Å². The number of nitriles is 1. The number of hydrogen-bond donors (Lipinski definition) is 2. The van der Waals surface area contributed by atoms with Crippen LogP contribution in [0.1, 0.15) is 18.5 Å². The van der Waals surface area contributed by atoms with E-state index >= 15 is 0 Å². The zero-order valence-corrected chi connectivity index (χ0v) is 11.4. The van der Waals surface area contributed by atoms with E-state index in [0.717, 1.165) is 6.92 Å². The van der Waals surface area contributed by atoms with Crippen LogP contribution in [0.2, 0.25) is 5.02 Å². The van der Waals surface area contributed by atoms with Crippen LogP contribution in [0.5, 0.6) is 0 Å². The highest BCUT2D eigenvalue weighted by atomic mass is 35.5. The molecule has 1 unspecified atom stereocenters. The molecule has 1 rings (SSSR count). The maximum Gasteiger partial charge on any atom is 0.326 e. The number of aliphatic carboxylic acids is 1. The van der Waals surface area contributed by atoms with Gasteiger partial charge >= 0.3 is 5.97 Å². The molecule has 2 N–H and O–H groups in total. The molecule has 6 nitrogen and oxygen atoms in total. The van der Waals surface area contributed by atoms with Gasteiger partial charge < -0.3 is 5.11 Å². The third kappa shape index (κ3) is 3.67. The Balaban J connectivity index is 3.16. The Kier molecular flexibility index (Phi) is 4.89.